The van der Waals surface area contributed by atoms with Crippen molar-refractivity contribution in [2.24, 2.45) is 0 Å². The second-order valence-corrected chi connectivity index (χ2v) is 4.88. The third kappa shape index (κ3) is 5.01. The van der Waals surface area contributed by atoms with E-state index in [1.54, 1.807) is 19.1 Å². The molecule has 0 heterocycles. The molecule has 0 N–H and O–H groups in total. The summed E-state index contributed by atoms with van der Waals surface area (Å²) < 4.78 is 19.1. The van der Waals surface area contributed by atoms with Crippen LogP contribution in [0, 0.1) is 5.82 Å². The maximum atomic E-state index is 13.4. The van der Waals surface area contributed by atoms with Gasteiger partial charge in [-0.25, -0.2) is 4.39 Å². The second-order valence-electron chi connectivity index (χ2n) is 4.88. The highest BCUT2D eigenvalue weighted by atomic mass is 19.1. The molecule has 0 amide bonds. The first kappa shape index (κ1) is 15.7. The van der Waals surface area contributed by atoms with Crippen LogP contribution < -0.4 is 4.74 Å². The van der Waals surface area contributed by atoms with Crippen molar-refractivity contribution in [3.63, 3.8) is 0 Å². The molecule has 1 rings (SSSR count). The summed E-state index contributed by atoms with van der Waals surface area (Å²) in [5.41, 5.74) is 0.886. The van der Waals surface area contributed by atoms with E-state index in [1.807, 2.05) is 6.92 Å². The van der Waals surface area contributed by atoms with Crippen LogP contribution in [0.25, 0.3) is 0 Å². The number of Topliss-reactive ketones (excluding diaryl/α,β-unsaturated/α-hetero) is 1. The average Bonchev–Trinajstić information content (AvgIpc) is 2.38. The van der Waals surface area contributed by atoms with Crippen molar-refractivity contribution in [2.75, 3.05) is 6.61 Å². The zero-order valence-corrected chi connectivity index (χ0v) is 12.0. The molecule has 1 aromatic rings. The van der Waals surface area contributed by atoms with Gasteiger partial charge in [-0.05, 0) is 50.3 Å². The number of hydrogen-bond donors (Lipinski definition) is 0. The van der Waals surface area contributed by atoms with Crippen LogP contribution in [-0.2, 0) is 4.79 Å². The van der Waals surface area contributed by atoms with Gasteiger partial charge >= 0.3 is 0 Å². The Morgan fingerprint density at radius 3 is 2.68 bits per heavy atom. The maximum absolute atomic E-state index is 13.4. The van der Waals surface area contributed by atoms with E-state index in [9.17, 15) is 9.18 Å². The number of ether oxygens (including phenoxy) is 1. The van der Waals surface area contributed by atoms with Crippen LogP contribution in [0.4, 0.5) is 4.39 Å². The average molecular weight is 266 g/mol. The quantitative estimate of drug-likeness (QED) is 0.693. The molecule has 0 spiro atoms. The minimum absolute atomic E-state index is 0.172. The van der Waals surface area contributed by atoms with Crippen LogP contribution in [-0.4, -0.2) is 12.4 Å². The first-order chi connectivity index (χ1) is 9.08. The summed E-state index contributed by atoms with van der Waals surface area (Å²) in [5.74, 6) is 0.844. The predicted molar refractivity (Wildman–Crippen MR) is 75.1 cm³/mol. The number of rotatable bonds is 8. The molecular weight excluding hydrogens is 243 g/mol. The highest BCUT2D eigenvalue weighted by molar-refractivity contribution is 5.75. The molecule has 0 aliphatic heterocycles. The zero-order chi connectivity index (χ0) is 14.3. The molecule has 19 heavy (non-hydrogen) atoms. The van der Waals surface area contributed by atoms with Crippen LogP contribution in [0.15, 0.2) is 18.2 Å². The molecule has 3 heteroatoms. The highest BCUT2D eigenvalue weighted by Gasteiger charge is 2.16. The number of ketones is 1. The molecular formula is C16H23FO2. The fraction of sp³-hybridized carbons (Fsp3) is 0.562. The lowest BCUT2D eigenvalue weighted by molar-refractivity contribution is -0.117. The highest BCUT2D eigenvalue weighted by Crippen LogP contribution is 2.33. The molecule has 0 aliphatic carbocycles. The molecule has 1 atom stereocenters. The fourth-order valence-corrected chi connectivity index (χ4v) is 2.14. The van der Waals surface area contributed by atoms with Gasteiger partial charge in [0, 0.05) is 12.0 Å². The Labute approximate surface area is 115 Å². The smallest absolute Gasteiger partial charge is 0.129 e. The van der Waals surface area contributed by atoms with Crippen molar-refractivity contribution >= 4 is 5.78 Å². The summed E-state index contributed by atoms with van der Waals surface area (Å²) >= 11 is 0. The number of carbonyl (C=O) groups excluding carboxylic acids is 1. The fourth-order valence-electron chi connectivity index (χ4n) is 2.14. The molecule has 0 aromatic heterocycles. The van der Waals surface area contributed by atoms with Gasteiger partial charge in [0.15, 0.2) is 0 Å². The number of carbonyl (C=O) groups is 1. The maximum Gasteiger partial charge on any atom is 0.129 e. The standard InChI is InChI=1S/C16H23FO2/c1-4-10-19-16-9-8-14(17)11-15(16)13(5-2)7-6-12(3)18/h8-9,11,13H,4-7,10H2,1-3H3. The van der Waals surface area contributed by atoms with E-state index in [-0.39, 0.29) is 17.5 Å². The lowest BCUT2D eigenvalue weighted by Gasteiger charge is -2.19. The molecule has 0 saturated carbocycles. The number of halogens is 1. The molecule has 2 nitrogen and oxygen atoms in total. The predicted octanol–water partition coefficient (Wildman–Crippen LogP) is 4.48. The lowest BCUT2D eigenvalue weighted by Crippen LogP contribution is -2.06. The van der Waals surface area contributed by atoms with E-state index in [0.29, 0.717) is 13.0 Å². The SMILES string of the molecule is CCCOc1ccc(F)cc1C(CC)CCC(C)=O. The summed E-state index contributed by atoms with van der Waals surface area (Å²) in [6.07, 6.45) is 3.07. The van der Waals surface area contributed by atoms with Gasteiger partial charge in [-0.2, -0.15) is 0 Å². The van der Waals surface area contributed by atoms with Gasteiger partial charge in [0.1, 0.15) is 17.3 Å². The van der Waals surface area contributed by atoms with Crippen molar-refractivity contribution in [1.82, 2.24) is 0 Å². The molecule has 1 aromatic carbocycles. The van der Waals surface area contributed by atoms with E-state index in [0.717, 1.165) is 30.6 Å². The van der Waals surface area contributed by atoms with Gasteiger partial charge in [-0.15, -0.1) is 0 Å². The molecule has 0 bridgehead atoms. The van der Waals surface area contributed by atoms with Gasteiger partial charge < -0.3 is 9.53 Å². The van der Waals surface area contributed by atoms with Gasteiger partial charge in [-0.1, -0.05) is 13.8 Å². The Bertz CT molecular complexity index is 415. The summed E-state index contributed by atoms with van der Waals surface area (Å²) in [5, 5.41) is 0. The Hall–Kier alpha value is -1.38. The second kappa shape index (κ2) is 7.93. The minimum Gasteiger partial charge on any atom is -0.493 e. The van der Waals surface area contributed by atoms with Crippen LogP contribution in [0.3, 0.4) is 0 Å². The molecule has 0 fully saturated rings. The largest absolute Gasteiger partial charge is 0.493 e. The van der Waals surface area contributed by atoms with E-state index in [2.05, 4.69) is 6.92 Å². The third-order valence-electron chi connectivity index (χ3n) is 3.21. The van der Waals surface area contributed by atoms with E-state index in [4.69, 9.17) is 4.74 Å². The molecule has 106 valence electrons. The van der Waals surface area contributed by atoms with Crippen LogP contribution in [0.1, 0.15) is 57.9 Å². The third-order valence-corrected chi connectivity index (χ3v) is 3.21. The molecule has 1 unspecified atom stereocenters. The normalized spacial score (nSPS) is 12.2. The summed E-state index contributed by atoms with van der Waals surface area (Å²) in [6, 6.07) is 4.65. The Morgan fingerprint density at radius 2 is 2.11 bits per heavy atom. The van der Waals surface area contributed by atoms with Crippen molar-refractivity contribution < 1.29 is 13.9 Å². The van der Waals surface area contributed by atoms with Gasteiger partial charge in [0.2, 0.25) is 0 Å². The Morgan fingerprint density at radius 1 is 1.37 bits per heavy atom. The molecule has 0 saturated heterocycles. The van der Waals surface area contributed by atoms with Gasteiger partial charge in [0.25, 0.3) is 0 Å². The van der Waals surface area contributed by atoms with E-state index >= 15 is 0 Å². The Balaban J connectivity index is 2.92. The topological polar surface area (TPSA) is 26.3 Å². The summed E-state index contributed by atoms with van der Waals surface area (Å²) in [6.45, 7) is 6.31. The first-order valence-corrected chi connectivity index (χ1v) is 7.00. The zero-order valence-electron chi connectivity index (χ0n) is 12.0. The summed E-state index contributed by atoms with van der Waals surface area (Å²) in [7, 11) is 0. The first-order valence-electron chi connectivity index (χ1n) is 7.00. The van der Waals surface area contributed by atoms with Crippen molar-refractivity contribution in [3.05, 3.63) is 29.6 Å². The Kier molecular flexibility index (Phi) is 6.54. The van der Waals surface area contributed by atoms with E-state index in [1.165, 1.54) is 6.07 Å². The summed E-state index contributed by atoms with van der Waals surface area (Å²) in [4.78, 5) is 11.1. The van der Waals surface area contributed by atoms with E-state index < -0.39 is 0 Å². The number of benzene rings is 1. The molecule has 0 aliphatic rings. The van der Waals surface area contributed by atoms with Crippen molar-refractivity contribution in [1.29, 1.82) is 0 Å². The van der Waals surface area contributed by atoms with Crippen LogP contribution in [0.5, 0.6) is 5.75 Å². The number of hydrogen-bond acceptors (Lipinski definition) is 2. The van der Waals surface area contributed by atoms with Crippen LogP contribution in [0.2, 0.25) is 0 Å². The monoisotopic (exact) mass is 266 g/mol. The van der Waals surface area contributed by atoms with Crippen LogP contribution >= 0.6 is 0 Å². The van der Waals surface area contributed by atoms with Gasteiger partial charge in [0.05, 0.1) is 6.61 Å². The van der Waals surface area contributed by atoms with Crippen molar-refractivity contribution in [2.45, 2.75) is 52.4 Å². The van der Waals surface area contributed by atoms with Crippen molar-refractivity contribution in [3.8, 4) is 5.75 Å². The lowest BCUT2D eigenvalue weighted by atomic mass is 9.90. The molecule has 0 radical (unpaired) electrons. The van der Waals surface area contributed by atoms with Gasteiger partial charge in [-0.3, -0.25) is 0 Å². The minimum atomic E-state index is -0.250.